The van der Waals surface area contributed by atoms with E-state index in [1.807, 2.05) is 0 Å². The molecule has 8 heteroatoms. The molecule has 2 N–H and O–H groups in total. The van der Waals surface area contributed by atoms with E-state index in [0.29, 0.717) is 12.8 Å². The summed E-state index contributed by atoms with van der Waals surface area (Å²) in [4.78, 5) is 11.4. The Kier molecular flexibility index (Phi) is 4.67. The van der Waals surface area contributed by atoms with Crippen molar-refractivity contribution in [3.05, 3.63) is 11.5 Å². The Hall–Kier alpha value is -1.41. The van der Waals surface area contributed by atoms with Gasteiger partial charge < -0.3 is 9.63 Å². The highest BCUT2D eigenvalue weighted by Gasteiger charge is 2.34. The number of nitrogens with one attached hydrogen (secondary N) is 1. The largest absolute Gasteiger partial charge is 0.481 e. The van der Waals surface area contributed by atoms with Crippen LogP contribution in [0.4, 0.5) is 0 Å². The van der Waals surface area contributed by atoms with Crippen molar-refractivity contribution in [3.63, 3.8) is 0 Å². The van der Waals surface area contributed by atoms with Gasteiger partial charge in [0.05, 0.1) is 5.92 Å². The van der Waals surface area contributed by atoms with Crippen LogP contribution in [0.2, 0.25) is 0 Å². The summed E-state index contributed by atoms with van der Waals surface area (Å²) in [7, 11) is -3.83. The molecule has 2 atom stereocenters. The van der Waals surface area contributed by atoms with E-state index in [1.165, 1.54) is 6.92 Å². The van der Waals surface area contributed by atoms with Crippen LogP contribution in [0.15, 0.2) is 9.42 Å². The van der Waals surface area contributed by atoms with E-state index in [4.69, 9.17) is 4.52 Å². The van der Waals surface area contributed by atoms with Crippen LogP contribution in [0, 0.1) is 19.8 Å². The average molecular weight is 316 g/mol. The number of carboxylic acid groups (broad SMARTS) is 1. The molecule has 1 heterocycles. The number of carboxylic acids is 1. The van der Waals surface area contributed by atoms with Gasteiger partial charge in [0.15, 0.2) is 5.76 Å². The fourth-order valence-electron chi connectivity index (χ4n) is 2.86. The van der Waals surface area contributed by atoms with Crippen molar-refractivity contribution in [1.29, 1.82) is 0 Å². The van der Waals surface area contributed by atoms with Crippen molar-refractivity contribution in [2.24, 2.45) is 5.92 Å². The molecule has 1 aromatic heterocycles. The van der Waals surface area contributed by atoms with Crippen LogP contribution in [0.3, 0.4) is 0 Å². The summed E-state index contributed by atoms with van der Waals surface area (Å²) in [6.07, 6.45) is 3.57. The molecule has 7 nitrogen and oxygen atoms in total. The standard InChI is InChI=1S/C13H20N2O5S/c1-8-12(9(2)20-14-8)21(18,19)15-11-7-5-3-4-6-10(11)13(16)17/h10-11,15H,3-7H2,1-2H3,(H,16,17). The highest BCUT2D eigenvalue weighted by atomic mass is 32.2. The third kappa shape index (κ3) is 3.44. The lowest BCUT2D eigenvalue weighted by atomic mass is 9.96. The molecule has 2 unspecified atom stereocenters. The minimum Gasteiger partial charge on any atom is -0.481 e. The second kappa shape index (κ2) is 6.15. The van der Waals surface area contributed by atoms with Crippen LogP contribution < -0.4 is 4.72 Å². The van der Waals surface area contributed by atoms with Crippen molar-refractivity contribution >= 4 is 16.0 Å². The lowest BCUT2D eigenvalue weighted by Crippen LogP contribution is -2.43. The minimum atomic E-state index is -3.83. The van der Waals surface area contributed by atoms with Crippen molar-refractivity contribution in [1.82, 2.24) is 9.88 Å². The molecule has 0 saturated heterocycles. The van der Waals surface area contributed by atoms with Crippen molar-refractivity contribution in [2.45, 2.75) is 56.9 Å². The first-order chi connectivity index (χ1) is 9.83. The second-order valence-corrected chi connectivity index (χ2v) is 7.11. The van der Waals surface area contributed by atoms with Gasteiger partial charge in [-0.1, -0.05) is 24.4 Å². The Morgan fingerprint density at radius 2 is 1.95 bits per heavy atom. The van der Waals surface area contributed by atoms with Gasteiger partial charge >= 0.3 is 5.97 Å². The third-order valence-corrected chi connectivity index (χ3v) is 5.61. The first-order valence-electron chi connectivity index (χ1n) is 7.01. The zero-order valence-electron chi connectivity index (χ0n) is 12.1. The zero-order valence-corrected chi connectivity index (χ0v) is 12.9. The Morgan fingerprint density at radius 1 is 1.29 bits per heavy atom. The topological polar surface area (TPSA) is 110 Å². The van der Waals surface area contributed by atoms with Crippen LogP contribution in [0.25, 0.3) is 0 Å². The predicted octanol–water partition coefficient (Wildman–Crippen LogP) is 1.60. The van der Waals surface area contributed by atoms with Gasteiger partial charge in [-0.3, -0.25) is 4.79 Å². The summed E-state index contributed by atoms with van der Waals surface area (Å²) in [5.74, 6) is -1.44. The van der Waals surface area contributed by atoms with E-state index >= 15 is 0 Å². The summed E-state index contributed by atoms with van der Waals surface area (Å²) in [6, 6.07) is -0.594. The Balaban J connectivity index is 2.27. The molecule has 0 aromatic carbocycles. The molecule has 0 spiro atoms. The van der Waals surface area contributed by atoms with E-state index in [-0.39, 0.29) is 16.3 Å². The van der Waals surface area contributed by atoms with Gasteiger partial charge in [-0.2, -0.15) is 0 Å². The maximum atomic E-state index is 12.5. The fraction of sp³-hybridized carbons (Fsp3) is 0.692. The summed E-state index contributed by atoms with van der Waals surface area (Å²) in [5, 5.41) is 12.9. The monoisotopic (exact) mass is 316 g/mol. The number of carbonyl (C=O) groups is 1. The molecule has 1 saturated carbocycles. The van der Waals surface area contributed by atoms with Gasteiger partial charge in [-0.05, 0) is 26.7 Å². The zero-order chi connectivity index (χ0) is 15.6. The molecule has 21 heavy (non-hydrogen) atoms. The summed E-state index contributed by atoms with van der Waals surface area (Å²) >= 11 is 0. The highest BCUT2D eigenvalue weighted by Crippen LogP contribution is 2.26. The lowest BCUT2D eigenvalue weighted by Gasteiger charge is -2.22. The summed E-state index contributed by atoms with van der Waals surface area (Å²) < 4.78 is 32.4. The van der Waals surface area contributed by atoms with Crippen LogP contribution in [0.1, 0.15) is 43.6 Å². The molecule has 0 amide bonds. The van der Waals surface area contributed by atoms with Gasteiger partial charge in [0.1, 0.15) is 10.6 Å². The number of rotatable bonds is 4. The molecule has 0 aliphatic heterocycles. The number of sulfonamides is 1. The van der Waals surface area contributed by atoms with Gasteiger partial charge in [0, 0.05) is 6.04 Å². The fourth-order valence-corrected chi connectivity index (χ4v) is 4.50. The average Bonchev–Trinajstić information content (AvgIpc) is 2.60. The van der Waals surface area contributed by atoms with Gasteiger partial charge in [0.2, 0.25) is 10.0 Å². The van der Waals surface area contributed by atoms with Gasteiger partial charge in [0.25, 0.3) is 0 Å². The lowest BCUT2D eigenvalue weighted by molar-refractivity contribution is -0.142. The second-order valence-electron chi connectivity index (χ2n) is 5.46. The Bertz CT molecular complexity index is 603. The maximum absolute atomic E-state index is 12.5. The quantitative estimate of drug-likeness (QED) is 0.817. The molecule has 118 valence electrons. The summed E-state index contributed by atoms with van der Waals surface area (Å²) in [6.45, 7) is 3.07. The number of aromatic nitrogens is 1. The van der Waals surface area contributed by atoms with Crippen LogP contribution in [0.5, 0.6) is 0 Å². The van der Waals surface area contributed by atoms with Gasteiger partial charge in [-0.15, -0.1) is 0 Å². The SMILES string of the molecule is Cc1noc(C)c1S(=O)(=O)NC1CCCCCC1C(=O)O. The van der Waals surface area contributed by atoms with Crippen molar-refractivity contribution < 1.29 is 22.8 Å². The first-order valence-corrected chi connectivity index (χ1v) is 8.49. The van der Waals surface area contributed by atoms with E-state index in [2.05, 4.69) is 9.88 Å². The van der Waals surface area contributed by atoms with Crippen molar-refractivity contribution in [3.8, 4) is 0 Å². The molecule has 1 aromatic rings. The van der Waals surface area contributed by atoms with Crippen LogP contribution in [-0.4, -0.2) is 30.7 Å². The number of aryl methyl sites for hydroxylation is 2. The predicted molar refractivity (Wildman–Crippen MR) is 74.3 cm³/mol. The van der Waals surface area contributed by atoms with E-state index < -0.39 is 28.0 Å². The molecule has 1 aliphatic carbocycles. The maximum Gasteiger partial charge on any atom is 0.308 e. The normalized spacial score (nSPS) is 23.7. The smallest absolute Gasteiger partial charge is 0.308 e. The highest BCUT2D eigenvalue weighted by molar-refractivity contribution is 7.89. The number of nitrogens with zero attached hydrogens (tertiary/aromatic N) is 1. The molecule has 1 aliphatic rings. The molecule has 0 radical (unpaired) electrons. The van der Waals surface area contributed by atoms with Crippen LogP contribution >= 0.6 is 0 Å². The molecule has 1 fully saturated rings. The number of hydrogen-bond acceptors (Lipinski definition) is 5. The van der Waals surface area contributed by atoms with E-state index in [9.17, 15) is 18.3 Å². The Labute approximate surface area is 123 Å². The van der Waals surface area contributed by atoms with Gasteiger partial charge in [-0.25, -0.2) is 13.1 Å². The molecular formula is C13H20N2O5S. The number of hydrogen-bond donors (Lipinski definition) is 2. The third-order valence-electron chi connectivity index (χ3n) is 3.88. The summed E-state index contributed by atoms with van der Waals surface area (Å²) in [5.41, 5.74) is 0.278. The number of aliphatic carboxylic acids is 1. The first kappa shape index (κ1) is 16.0. The minimum absolute atomic E-state index is 0.0101. The molecule has 0 bridgehead atoms. The van der Waals surface area contributed by atoms with Crippen LogP contribution in [-0.2, 0) is 14.8 Å². The molecule has 2 rings (SSSR count). The van der Waals surface area contributed by atoms with E-state index in [1.54, 1.807) is 6.92 Å². The van der Waals surface area contributed by atoms with Crippen molar-refractivity contribution in [2.75, 3.05) is 0 Å². The molecular weight excluding hydrogens is 296 g/mol. The van der Waals surface area contributed by atoms with E-state index in [0.717, 1.165) is 19.3 Å². The Morgan fingerprint density at radius 3 is 2.52 bits per heavy atom.